The van der Waals surface area contributed by atoms with E-state index in [0.29, 0.717) is 19.6 Å². The van der Waals surface area contributed by atoms with E-state index in [2.05, 4.69) is 5.32 Å². The van der Waals surface area contributed by atoms with Gasteiger partial charge in [-0.25, -0.2) is 0 Å². The lowest BCUT2D eigenvalue weighted by molar-refractivity contribution is 0.0675. The highest BCUT2D eigenvalue weighted by Gasteiger charge is 2.23. The van der Waals surface area contributed by atoms with Crippen LogP contribution in [0.15, 0.2) is 18.2 Å². The zero-order valence-corrected chi connectivity index (χ0v) is 10.3. The number of nitrogens with one attached hydrogen (secondary N) is 1. The van der Waals surface area contributed by atoms with E-state index in [1.54, 1.807) is 0 Å². The lowest BCUT2D eigenvalue weighted by atomic mass is 10.00. The number of para-hydroxylation sites is 1. The second-order valence-electron chi connectivity index (χ2n) is 4.75. The van der Waals surface area contributed by atoms with Gasteiger partial charge in [0, 0.05) is 25.4 Å². The Morgan fingerprint density at radius 3 is 3.17 bits per heavy atom. The van der Waals surface area contributed by atoms with Gasteiger partial charge in [0.2, 0.25) is 0 Å². The molecule has 1 saturated heterocycles. The number of carbonyl (C=O) groups is 1. The van der Waals surface area contributed by atoms with Crippen LogP contribution < -0.4 is 10.1 Å². The number of hydrogen-bond donors (Lipinski definition) is 1. The molecule has 4 heteroatoms. The normalized spacial score (nSPS) is 22.3. The van der Waals surface area contributed by atoms with Crippen LogP contribution in [-0.2, 0) is 11.2 Å². The molecule has 2 heterocycles. The molecule has 18 heavy (non-hydrogen) atoms. The van der Waals surface area contributed by atoms with E-state index in [9.17, 15) is 4.79 Å². The molecule has 1 N–H and O–H groups in total. The second-order valence-corrected chi connectivity index (χ2v) is 4.75. The zero-order valence-electron chi connectivity index (χ0n) is 10.3. The Morgan fingerprint density at radius 1 is 1.39 bits per heavy atom. The van der Waals surface area contributed by atoms with Crippen molar-refractivity contribution in [3.63, 3.8) is 0 Å². The van der Waals surface area contributed by atoms with Crippen molar-refractivity contribution in [3.05, 3.63) is 29.3 Å². The van der Waals surface area contributed by atoms with Crippen LogP contribution in [0.2, 0.25) is 0 Å². The maximum absolute atomic E-state index is 12.3. The fourth-order valence-electron chi connectivity index (χ4n) is 2.52. The number of hydrogen-bond acceptors (Lipinski definition) is 4. The summed E-state index contributed by atoms with van der Waals surface area (Å²) in [6.45, 7) is 2.85. The number of ketones is 1. The summed E-state index contributed by atoms with van der Waals surface area (Å²) in [5, 5.41) is 3.30. The summed E-state index contributed by atoms with van der Waals surface area (Å²) in [5.74, 6) is 0.927. The average Bonchev–Trinajstić information content (AvgIpc) is 2.87. The molecule has 1 aromatic rings. The van der Waals surface area contributed by atoms with E-state index in [0.717, 1.165) is 36.4 Å². The fourth-order valence-corrected chi connectivity index (χ4v) is 2.52. The van der Waals surface area contributed by atoms with Crippen molar-refractivity contribution in [2.45, 2.75) is 18.9 Å². The second kappa shape index (κ2) is 5.08. The molecule has 0 spiro atoms. The molecule has 0 bridgehead atoms. The van der Waals surface area contributed by atoms with Gasteiger partial charge in [-0.2, -0.15) is 0 Å². The summed E-state index contributed by atoms with van der Waals surface area (Å²) < 4.78 is 10.9. The van der Waals surface area contributed by atoms with Crippen molar-refractivity contribution in [2.75, 3.05) is 26.4 Å². The molecule has 1 aromatic carbocycles. The first-order chi connectivity index (χ1) is 8.84. The van der Waals surface area contributed by atoms with E-state index >= 15 is 0 Å². The van der Waals surface area contributed by atoms with E-state index in [-0.39, 0.29) is 11.8 Å². The van der Waals surface area contributed by atoms with Gasteiger partial charge >= 0.3 is 0 Å². The monoisotopic (exact) mass is 247 g/mol. The molecule has 1 atom stereocenters. The summed E-state index contributed by atoms with van der Waals surface area (Å²) in [6.07, 6.45) is 1.38. The van der Waals surface area contributed by atoms with Crippen LogP contribution in [0.25, 0.3) is 0 Å². The Kier molecular flexibility index (Phi) is 3.30. The van der Waals surface area contributed by atoms with E-state index in [1.807, 2.05) is 18.2 Å². The predicted octanol–water partition coefficient (Wildman–Crippen LogP) is 1.18. The molecule has 0 aromatic heterocycles. The number of fused-ring (bicyclic) bond motifs is 1. The highest BCUT2D eigenvalue weighted by molar-refractivity contribution is 5.99. The topological polar surface area (TPSA) is 47.6 Å². The number of benzene rings is 1. The van der Waals surface area contributed by atoms with Gasteiger partial charge in [0.05, 0.1) is 25.4 Å². The van der Waals surface area contributed by atoms with Crippen LogP contribution in [0, 0.1) is 0 Å². The minimum absolute atomic E-state index is 0.128. The quantitative estimate of drug-likeness (QED) is 0.815. The van der Waals surface area contributed by atoms with Crippen LogP contribution in [0.4, 0.5) is 0 Å². The Hall–Kier alpha value is -1.39. The van der Waals surface area contributed by atoms with Crippen molar-refractivity contribution in [1.82, 2.24) is 5.32 Å². The molecule has 1 fully saturated rings. The molecule has 4 nitrogen and oxygen atoms in total. The first kappa shape index (κ1) is 11.7. The lowest BCUT2D eigenvalue weighted by Gasteiger charge is -2.23. The van der Waals surface area contributed by atoms with Crippen molar-refractivity contribution >= 4 is 5.78 Å². The Labute approximate surface area is 106 Å². The molecule has 2 aliphatic rings. The molecule has 2 aliphatic heterocycles. The van der Waals surface area contributed by atoms with E-state index in [1.165, 1.54) is 0 Å². The Morgan fingerprint density at radius 2 is 2.33 bits per heavy atom. The number of morpholine rings is 1. The van der Waals surface area contributed by atoms with Crippen LogP contribution in [0.3, 0.4) is 0 Å². The van der Waals surface area contributed by atoms with Crippen molar-refractivity contribution in [1.29, 1.82) is 0 Å². The minimum atomic E-state index is 0.128. The largest absolute Gasteiger partial charge is 0.492 e. The molecule has 0 radical (unpaired) electrons. The summed E-state index contributed by atoms with van der Waals surface area (Å²) in [7, 11) is 0. The summed E-state index contributed by atoms with van der Waals surface area (Å²) in [4.78, 5) is 12.3. The van der Waals surface area contributed by atoms with Crippen molar-refractivity contribution < 1.29 is 14.3 Å². The average molecular weight is 247 g/mol. The predicted molar refractivity (Wildman–Crippen MR) is 67.2 cm³/mol. The molecular weight excluding hydrogens is 230 g/mol. The summed E-state index contributed by atoms with van der Waals surface area (Å²) in [5.41, 5.74) is 1.87. The number of ether oxygens (including phenoxy) is 2. The first-order valence-electron chi connectivity index (χ1n) is 6.43. The number of rotatable bonds is 3. The van der Waals surface area contributed by atoms with Crippen LogP contribution in [0.5, 0.6) is 5.75 Å². The highest BCUT2D eigenvalue weighted by atomic mass is 16.5. The van der Waals surface area contributed by atoms with Gasteiger partial charge in [0.15, 0.2) is 5.78 Å². The molecule has 96 valence electrons. The molecule has 1 unspecified atom stereocenters. The fraction of sp³-hybridized carbons (Fsp3) is 0.500. The molecule has 0 saturated carbocycles. The molecule has 3 rings (SSSR count). The van der Waals surface area contributed by atoms with Gasteiger partial charge in [-0.05, 0) is 11.6 Å². The Bertz CT molecular complexity index is 452. The zero-order chi connectivity index (χ0) is 12.4. The third-order valence-electron chi connectivity index (χ3n) is 3.45. The highest BCUT2D eigenvalue weighted by Crippen LogP contribution is 2.30. The van der Waals surface area contributed by atoms with Gasteiger partial charge < -0.3 is 14.8 Å². The third-order valence-corrected chi connectivity index (χ3v) is 3.45. The van der Waals surface area contributed by atoms with E-state index in [4.69, 9.17) is 9.47 Å². The molecular formula is C14H17NO3. The first-order valence-corrected chi connectivity index (χ1v) is 6.43. The minimum Gasteiger partial charge on any atom is -0.492 e. The van der Waals surface area contributed by atoms with Gasteiger partial charge in [-0.3, -0.25) is 4.79 Å². The van der Waals surface area contributed by atoms with Crippen molar-refractivity contribution in [3.8, 4) is 5.75 Å². The van der Waals surface area contributed by atoms with E-state index < -0.39 is 0 Å². The van der Waals surface area contributed by atoms with Gasteiger partial charge in [-0.1, -0.05) is 12.1 Å². The standard InChI is InChI=1S/C14H17NO3/c16-13(8-11-9-17-7-5-15-11)12-3-1-2-10-4-6-18-14(10)12/h1-3,11,15H,4-9H2. The third kappa shape index (κ3) is 2.26. The van der Waals surface area contributed by atoms with Gasteiger partial charge in [-0.15, -0.1) is 0 Å². The maximum atomic E-state index is 12.3. The maximum Gasteiger partial charge on any atom is 0.168 e. The van der Waals surface area contributed by atoms with Crippen LogP contribution >= 0.6 is 0 Å². The smallest absolute Gasteiger partial charge is 0.168 e. The molecule has 0 aliphatic carbocycles. The molecule has 0 amide bonds. The summed E-state index contributed by atoms with van der Waals surface area (Å²) in [6, 6.07) is 5.95. The number of carbonyl (C=O) groups excluding carboxylic acids is 1. The Balaban J connectivity index is 1.74. The summed E-state index contributed by atoms with van der Waals surface area (Å²) >= 11 is 0. The van der Waals surface area contributed by atoms with Crippen molar-refractivity contribution in [2.24, 2.45) is 0 Å². The van der Waals surface area contributed by atoms with Crippen LogP contribution in [-0.4, -0.2) is 38.2 Å². The number of Topliss-reactive ketones (excluding diaryl/α,β-unsaturated/α-hetero) is 1. The lowest BCUT2D eigenvalue weighted by Crippen LogP contribution is -2.42. The van der Waals surface area contributed by atoms with Gasteiger partial charge in [0.25, 0.3) is 0 Å². The SMILES string of the molecule is O=C(CC1COCCN1)c1cccc2c1OCC2. The van der Waals surface area contributed by atoms with Crippen LogP contribution in [0.1, 0.15) is 22.3 Å². The van der Waals surface area contributed by atoms with Gasteiger partial charge in [0.1, 0.15) is 5.75 Å².